The van der Waals surface area contributed by atoms with Crippen LogP contribution in [0.5, 0.6) is 0 Å². The van der Waals surface area contributed by atoms with Crippen molar-refractivity contribution in [3.63, 3.8) is 0 Å². The number of carbonyl (C=O) groups is 1. The van der Waals surface area contributed by atoms with Crippen LogP contribution in [-0.4, -0.2) is 40.0 Å². The van der Waals surface area contributed by atoms with Gasteiger partial charge in [-0.05, 0) is 36.1 Å². The Kier molecular flexibility index (Phi) is 3.08. The van der Waals surface area contributed by atoms with Crippen molar-refractivity contribution in [3.8, 4) is 0 Å². The maximum atomic E-state index is 12.8. The highest BCUT2D eigenvalue weighted by atomic mass is 19.4. The van der Waals surface area contributed by atoms with Gasteiger partial charge < -0.3 is 4.90 Å². The number of rotatable bonds is 0. The minimum Gasteiger partial charge on any atom is -0.334 e. The molecule has 1 amide bonds. The van der Waals surface area contributed by atoms with Gasteiger partial charge in [-0.3, -0.25) is 14.8 Å². The van der Waals surface area contributed by atoms with Crippen LogP contribution < -0.4 is 0 Å². The molecule has 0 N–H and O–H groups in total. The maximum absolute atomic E-state index is 12.8. The van der Waals surface area contributed by atoms with Crippen LogP contribution >= 0.6 is 0 Å². The topological polar surface area (TPSA) is 46.1 Å². The SMILES string of the molecule is O=C(N1CC2CCC(C1)c1cc3nccnc3cc12)C(F)(F)F. The molecule has 1 aromatic heterocycles. The van der Waals surface area contributed by atoms with Crippen molar-refractivity contribution < 1.29 is 18.0 Å². The van der Waals surface area contributed by atoms with E-state index >= 15 is 0 Å². The van der Waals surface area contributed by atoms with Gasteiger partial charge in [0, 0.05) is 37.3 Å². The smallest absolute Gasteiger partial charge is 0.334 e. The van der Waals surface area contributed by atoms with Crippen molar-refractivity contribution in [2.75, 3.05) is 13.1 Å². The predicted octanol–water partition coefficient (Wildman–Crippen LogP) is 3.00. The third-order valence-electron chi connectivity index (χ3n) is 4.83. The first kappa shape index (κ1) is 14.4. The molecule has 1 aliphatic carbocycles. The number of alkyl halides is 3. The summed E-state index contributed by atoms with van der Waals surface area (Å²) >= 11 is 0. The van der Waals surface area contributed by atoms with Gasteiger partial charge in [0.15, 0.2) is 0 Å². The number of hydrogen-bond donors (Lipinski definition) is 0. The summed E-state index contributed by atoms with van der Waals surface area (Å²) < 4.78 is 38.4. The number of fused-ring (bicyclic) bond motifs is 4. The minimum absolute atomic E-state index is 0.0681. The molecular formula is C16H14F3N3O. The van der Waals surface area contributed by atoms with E-state index in [0.29, 0.717) is 0 Å². The molecule has 120 valence electrons. The number of amides is 1. The normalized spacial score (nSPS) is 23.7. The average Bonchev–Trinajstić information content (AvgIpc) is 2.82. The van der Waals surface area contributed by atoms with Crippen LogP contribution in [0.4, 0.5) is 13.2 Å². The monoisotopic (exact) mass is 321 g/mol. The molecule has 2 unspecified atom stereocenters. The predicted molar refractivity (Wildman–Crippen MR) is 76.9 cm³/mol. The first-order valence-corrected chi connectivity index (χ1v) is 7.54. The summed E-state index contributed by atoms with van der Waals surface area (Å²) in [5.74, 6) is -1.87. The molecule has 2 aliphatic heterocycles. The van der Waals surface area contributed by atoms with E-state index in [0.717, 1.165) is 39.9 Å². The highest BCUT2D eigenvalue weighted by Gasteiger charge is 2.46. The molecule has 0 radical (unpaired) electrons. The van der Waals surface area contributed by atoms with Gasteiger partial charge in [0.25, 0.3) is 0 Å². The summed E-state index contributed by atoms with van der Waals surface area (Å²) in [6.07, 6.45) is -0.0216. The Labute approximate surface area is 130 Å². The molecular weight excluding hydrogens is 307 g/mol. The quantitative estimate of drug-likeness (QED) is 0.749. The summed E-state index contributed by atoms with van der Waals surface area (Å²) in [4.78, 5) is 21.2. The molecule has 0 saturated carbocycles. The fourth-order valence-electron chi connectivity index (χ4n) is 3.79. The molecule has 23 heavy (non-hydrogen) atoms. The molecule has 3 heterocycles. The molecule has 7 heteroatoms. The standard InChI is InChI=1S/C16H14F3N3O/c17-16(18,19)15(23)22-7-9-1-2-10(8-22)12-6-14-13(5-11(9)12)20-3-4-21-14/h3-6,9-10H,1-2,7-8H2. The summed E-state index contributed by atoms with van der Waals surface area (Å²) in [5.41, 5.74) is 3.53. The lowest BCUT2D eigenvalue weighted by Gasteiger charge is -2.26. The van der Waals surface area contributed by atoms with Crippen LogP contribution in [-0.2, 0) is 4.79 Å². The lowest BCUT2D eigenvalue weighted by Crippen LogP contribution is -2.42. The Balaban J connectivity index is 1.77. The van der Waals surface area contributed by atoms with Crippen molar-refractivity contribution in [1.29, 1.82) is 0 Å². The van der Waals surface area contributed by atoms with Crippen LogP contribution in [0, 0.1) is 0 Å². The van der Waals surface area contributed by atoms with E-state index in [1.165, 1.54) is 0 Å². The number of carbonyl (C=O) groups excluding carboxylic acids is 1. The van der Waals surface area contributed by atoms with Gasteiger partial charge in [-0.2, -0.15) is 13.2 Å². The van der Waals surface area contributed by atoms with Crippen molar-refractivity contribution >= 4 is 16.9 Å². The van der Waals surface area contributed by atoms with Crippen LogP contribution in [0.25, 0.3) is 11.0 Å². The highest BCUT2D eigenvalue weighted by Crippen LogP contribution is 2.44. The average molecular weight is 321 g/mol. The van der Waals surface area contributed by atoms with Gasteiger partial charge in [0.05, 0.1) is 11.0 Å². The second-order valence-electron chi connectivity index (χ2n) is 6.21. The largest absolute Gasteiger partial charge is 0.471 e. The highest BCUT2D eigenvalue weighted by molar-refractivity contribution is 5.82. The van der Waals surface area contributed by atoms with E-state index in [2.05, 4.69) is 9.97 Å². The third-order valence-corrected chi connectivity index (χ3v) is 4.83. The molecule has 0 spiro atoms. The maximum Gasteiger partial charge on any atom is 0.471 e. The summed E-state index contributed by atoms with van der Waals surface area (Å²) in [5, 5.41) is 0. The minimum atomic E-state index is -4.82. The fraction of sp³-hybridized carbons (Fsp3) is 0.438. The van der Waals surface area contributed by atoms with Gasteiger partial charge in [-0.1, -0.05) is 0 Å². The number of aromatic nitrogens is 2. The van der Waals surface area contributed by atoms with Gasteiger partial charge in [0.1, 0.15) is 0 Å². The van der Waals surface area contributed by atoms with Crippen molar-refractivity contribution in [2.24, 2.45) is 0 Å². The van der Waals surface area contributed by atoms with E-state index in [1.807, 2.05) is 12.1 Å². The molecule has 5 rings (SSSR count). The molecule has 3 aliphatic rings. The summed E-state index contributed by atoms with van der Waals surface area (Å²) in [6.45, 7) is 0.237. The second kappa shape index (κ2) is 4.91. The molecule has 2 bridgehead atoms. The zero-order chi connectivity index (χ0) is 16.2. The Morgan fingerprint density at radius 1 is 1.00 bits per heavy atom. The number of benzene rings is 1. The zero-order valence-electron chi connectivity index (χ0n) is 12.2. The second-order valence-corrected chi connectivity index (χ2v) is 6.21. The van der Waals surface area contributed by atoms with Gasteiger partial charge >= 0.3 is 12.1 Å². The van der Waals surface area contributed by atoms with Crippen molar-refractivity contribution in [1.82, 2.24) is 14.9 Å². The van der Waals surface area contributed by atoms with Crippen molar-refractivity contribution in [3.05, 3.63) is 35.7 Å². The molecule has 2 atom stereocenters. The summed E-state index contributed by atoms with van der Waals surface area (Å²) in [6, 6.07) is 3.85. The molecule has 4 nitrogen and oxygen atoms in total. The Bertz CT molecular complexity index is 737. The van der Waals surface area contributed by atoms with E-state index in [9.17, 15) is 18.0 Å². The lowest BCUT2D eigenvalue weighted by atomic mass is 9.78. The van der Waals surface area contributed by atoms with E-state index in [1.54, 1.807) is 12.4 Å². The molecule has 1 fully saturated rings. The van der Waals surface area contributed by atoms with Crippen LogP contribution in [0.2, 0.25) is 0 Å². The summed E-state index contributed by atoms with van der Waals surface area (Å²) in [7, 11) is 0. The van der Waals surface area contributed by atoms with Crippen molar-refractivity contribution in [2.45, 2.75) is 30.9 Å². The van der Waals surface area contributed by atoms with E-state index in [4.69, 9.17) is 0 Å². The van der Waals surface area contributed by atoms with Crippen LogP contribution in [0.1, 0.15) is 35.8 Å². The Morgan fingerprint density at radius 2 is 1.48 bits per heavy atom. The fourth-order valence-corrected chi connectivity index (χ4v) is 3.79. The lowest BCUT2D eigenvalue weighted by molar-refractivity contribution is -0.185. The third kappa shape index (κ3) is 2.34. The molecule has 1 saturated heterocycles. The first-order chi connectivity index (χ1) is 10.9. The van der Waals surface area contributed by atoms with Gasteiger partial charge in [-0.25, -0.2) is 0 Å². The van der Waals surface area contributed by atoms with Gasteiger partial charge in [-0.15, -0.1) is 0 Å². The Hall–Kier alpha value is -2.18. The zero-order valence-corrected chi connectivity index (χ0v) is 12.2. The van der Waals surface area contributed by atoms with Gasteiger partial charge in [0.2, 0.25) is 0 Å². The number of nitrogens with zero attached hydrogens (tertiary/aromatic N) is 3. The molecule has 2 aromatic rings. The van der Waals surface area contributed by atoms with E-state index < -0.39 is 12.1 Å². The number of hydrogen-bond acceptors (Lipinski definition) is 3. The molecule has 1 aromatic carbocycles. The Morgan fingerprint density at radius 3 is 1.91 bits per heavy atom. The number of halogens is 3. The van der Waals surface area contributed by atoms with E-state index in [-0.39, 0.29) is 24.9 Å². The van der Waals surface area contributed by atoms with Crippen LogP contribution in [0.3, 0.4) is 0 Å². The van der Waals surface area contributed by atoms with Crippen LogP contribution in [0.15, 0.2) is 24.5 Å². The first-order valence-electron chi connectivity index (χ1n) is 7.54.